The topological polar surface area (TPSA) is 30.0 Å². The molecule has 0 spiro atoms. The molecule has 0 saturated carbocycles. The lowest BCUT2D eigenvalue weighted by Gasteiger charge is -2.04. The van der Waals surface area contributed by atoms with E-state index < -0.39 is 0 Å². The zero-order chi connectivity index (χ0) is 14.7. The molecule has 2 aromatic carbocycles. The Kier molecular flexibility index (Phi) is 3.61. The Bertz CT molecular complexity index is 744. The van der Waals surface area contributed by atoms with Crippen LogP contribution in [0.5, 0.6) is 0 Å². The van der Waals surface area contributed by atoms with E-state index in [2.05, 4.69) is 17.1 Å². The Hall–Kier alpha value is -2.74. The maximum atomic E-state index is 12.4. The number of aryl methyl sites for hydroxylation is 1. The molecule has 0 radical (unpaired) electrons. The van der Waals surface area contributed by atoms with Gasteiger partial charge in [-0.3, -0.25) is 9.78 Å². The molecule has 102 valence electrons. The van der Waals surface area contributed by atoms with Crippen molar-refractivity contribution >= 4 is 5.78 Å². The molecule has 0 aliphatic rings. The second kappa shape index (κ2) is 5.71. The largest absolute Gasteiger partial charge is 0.289 e. The van der Waals surface area contributed by atoms with Crippen molar-refractivity contribution in [2.75, 3.05) is 0 Å². The molecule has 2 nitrogen and oxygen atoms in total. The summed E-state index contributed by atoms with van der Waals surface area (Å²) < 4.78 is 0. The molecule has 0 bridgehead atoms. The second-order valence-electron chi connectivity index (χ2n) is 4.96. The lowest BCUT2D eigenvalue weighted by Crippen LogP contribution is -2.01. The molecule has 0 fully saturated rings. The fourth-order valence-electron chi connectivity index (χ4n) is 2.21. The molecule has 0 amide bonds. The number of ketones is 1. The zero-order valence-electron chi connectivity index (χ0n) is 11.8. The van der Waals surface area contributed by atoms with Gasteiger partial charge in [-0.15, -0.1) is 0 Å². The van der Waals surface area contributed by atoms with Gasteiger partial charge in [-0.05, 0) is 30.2 Å². The van der Waals surface area contributed by atoms with Gasteiger partial charge in [0.25, 0.3) is 0 Å². The molecular weight excluding hydrogens is 258 g/mol. The maximum absolute atomic E-state index is 12.4. The van der Waals surface area contributed by atoms with Gasteiger partial charge in [0, 0.05) is 23.0 Å². The zero-order valence-corrected chi connectivity index (χ0v) is 11.8. The van der Waals surface area contributed by atoms with Crippen LogP contribution in [0, 0.1) is 6.92 Å². The minimum absolute atomic E-state index is 0.00196. The molecular formula is C19H15NO. The van der Waals surface area contributed by atoms with Gasteiger partial charge in [0.1, 0.15) is 0 Å². The summed E-state index contributed by atoms with van der Waals surface area (Å²) in [5.41, 5.74) is 4.46. The summed E-state index contributed by atoms with van der Waals surface area (Å²) in [6.07, 6.45) is 1.63. The van der Waals surface area contributed by atoms with Crippen LogP contribution in [0.2, 0.25) is 0 Å². The minimum Gasteiger partial charge on any atom is -0.289 e. The lowest BCUT2D eigenvalue weighted by atomic mass is 10.00. The van der Waals surface area contributed by atoms with Crippen LogP contribution in [0.15, 0.2) is 72.9 Å². The molecule has 0 N–H and O–H groups in total. The van der Waals surface area contributed by atoms with E-state index in [1.54, 1.807) is 6.20 Å². The van der Waals surface area contributed by atoms with E-state index in [9.17, 15) is 4.79 Å². The summed E-state index contributed by atoms with van der Waals surface area (Å²) in [5.74, 6) is 0.00196. The van der Waals surface area contributed by atoms with Crippen molar-refractivity contribution in [3.05, 3.63) is 89.7 Å². The van der Waals surface area contributed by atoms with Gasteiger partial charge in [0.05, 0.1) is 0 Å². The Labute approximate surface area is 124 Å². The standard InChI is InChI=1S/C19H15NO/c1-14-7-8-18(13-20-14)19(21)17-11-9-16(10-12-17)15-5-3-2-4-6-15/h2-13H,1H3. The molecule has 2 heteroatoms. The number of benzene rings is 2. The number of rotatable bonds is 3. The predicted molar refractivity (Wildman–Crippen MR) is 84.3 cm³/mol. The SMILES string of the molecule is Cc1ccc(C(=O)c2ccc(-c3ccccc3)cc2)cn1. The minimum atomic E-state index is 0.00196. The van der Waals surface area contributed by atoms with Crippen molar-refractivity contribution in [3.8, 4) is 11.1 Å². The highest BCUT2D eigenvalue weighted by atomic mass is 16.1. The first-order chi connectivity index (χ1) is 10.2. The van der Waals surface area contributed by atoms with Gasteiger partial charge in [-0.1, -0.05) is 54.6 Å². The first-order valence-electron chi connectivity index (χ1n) is 6.87. The smallest absolute Gasteiger partial charge is 0.194 e. The number of aromatic nitrogens is 1. The molecule has 0 atom stereocenters. The fourth-order valence-corrected chi connectivity index (χ4v) is 2.21. The molecule has 21 heavy (non-hydrogen) atoms. The second-order valence-corrected chi connectivity index (χ2v) is 4.96. The molecule has 0 aliphatic heterocycles. The number of carbonyl (C=O) groups is 1. The molecule has 3 rings (SSSR count). The molecule has 0 unspecified atom stereocenters. The van der Waals surface area contributed by atoms with Crippen molar-refractivity contribution in [2.45, 2.75) is 6.92 Å². The average molecular weight is 273 g/mol. The fraction of sp³-hybridized carbons (Fsp3) is 0.0526. The van der Waals surface area contributed by atoms with Crippen molar-refractivity contribution in [2.24, 2.45) is 0 Å². The highest BCUT2D eigenvalue weighted by Crippen LogP contribution is 2.20. The van der Waals surface area contributed by atoms with Crippen molar-refractivity contribution in [3.63, 3.8) is 0 Å². The van der Waals surface area contributed by atoms with Crippen LogP contribution < -0.4 is 0 Å². The van der Waals surface area contributed by atoms with Crippen molar-refractivity contribution in [1.82, 2.24) is 4.98 Å². The molecule has 0 aliphatic carbocycles. The number of hydrogen-bond donors (Lipinski definition) is 0. The Morgan fingerprint density at radius 3 is 2.00 bits per heavy atom. The number of nitrogens with zero attached hydrogens (tertiary/aromatic N) is 1. The third kappa shape index (κ3) is 2.90. The van der Waals surface area contributed by atoms with Crippen LogP contribution in [0.3, 0.4) is 0 Å². The maximum Gasteiger partial charge on any atom is 0.194 e. The Morgan fingerprint density at radius 2 is 1.38 bits per heavy atom. The summed E-state index contributed by atoms with van der Waals surface area (Å²) in [4.78, 5) is 16.5. The monoisotopic (exact) mass is 273 g/mol. The normalized spacial score (nSPS) is 10.3. The Morgan fingerprint density at radius 1 is 0.762 bits per heavy atom. The van der Waals surface area contributed by atoms with Gasteiger partial charge < -0.3 is 0 Å². The summed E-state index contributed by atoms with van der Waals surface area (Å²) in [5, 5.41) is 0. The van der Waals surface area contributed by atoms with Crippen LogP contribution in [-0.2, 0) is 0 Å². The summed E-state index contributed by atoms with van der Waals surface area (Å²) in [6, 6.07) is 21.5. The van der Waals surface area contributed by atoms with E-state index in [4.69, 9.17) is 0 Å². The van der Waals surface area contributed by atoms with Crippen LogP contribution in [0.1, 0.15) is 21.6 Å². The van der Waals surface area contributed by atoms with E-state index in [1.165, 1.54) is 0 Å². The van der Waals surface area contributed by atoms with E-state index in [0.29, 0.717) is 11.1 Å². The molecule has 1 aromatic heterocycles. The molecule has 3 aromatic rings. The van der Waals surface area contributed by atoms with Crippen molar-refractivity contribution < 1.29 is 4.79 Å². The van der Waals surface area contributed by atoms with E-state index >= 15 is 0 Å². The van der Waals surface area contributed by atoms with Gasteiger partial charge in [0.2, 0.25) is 0 Å². The number of pyridine rings is 1. The lowest BCUT2D eigenvalue weighted by molar-refractivity contribution is 0.103. The van der Waals surface area contributed by atoms with E-state index in [0.717, 1.165) is 16.8 Å². The highest BCUT2D eigenvalue weighted by molar-refractivity contribution is 6.08. The summed E-state index contributed by atoms with van der Waals surface area (Å²) in [6.45, 7) is 1.91. The van der Waals surface area contributed by atoms with E-state index in [-0.39, 0.29) is 5.78 Å². The number of carbonyl (C=O) groups excluding carboxylic acids is 1. The first-order valence-corrected chi connectivity index (χ1v) is 6.87. The highest BCUT2D eigenvalue weighted by Gasteiger charge is 2.09. The first kappa shape index (κ1) is 13.3. The van der Waals surface area contributed by atoms with Gasteiger partial charge >= 0.3 is 0 Å². The van der Waals surface area contributed by atoms with Crippen LogP contribution in [0.25, 0.3) is 11.1 Å². The predicted octanol–water partition coefficient (Wildman–Crippen LogP) is 4.29. The van der Waals surface area contributed by atoms with Gasteiger partial charge in [-0.2, -0.15) is 0 Å². The average Bonchev–Trinajstić information content (AvgIpc) is 2.56. The van der Waals surface area contributed by atoms with E-state index in [1.807, 2.05) is 61.5 Å². The molecule has 1 heterocycles. The van der Waals surface area contributed by atoms with Crippen molar-refractivity contribution in [1.29, 1.82) is 0 Å². The third-order valence-corrected chi connectivity index (χ3v) is 3.43. The van der Waals surface area contributed by atoms with Crippen LogP contribution in [-0.4, -0.2) is 10.8 Å². The van der Waals surface area contributed by atoms with Gasteiger partial charge in [0.15, 0.2) is 5.78 Å². The summed E-state index contributed by atoms with van der Waals surface area (Å²) >= 11 is 0. The molecule has 0 saturated heterocycles. The quantitative estimate of drug-likeness (QED) is 0.666. The number of hydrogen-bond acceptors (Lipinski definition) is 2. The van der Waals surface area contributed by atoms with Crippen LogP contribution in [0.4, 0.5) is 0 Å². The Balaban J connectivity index is 1.87. The summed E-state index contributed by atoms with van der Waals surface area (Å²) in [7, 11) is 0. The van der Waals surface area contributed by atoms with Crippen LogP contribution >= 0.6 is 0 Å². The van der Waals surface area contributed by atoms with Gasteiger partial charge in [-0.25, -0.2) is 0 Å². The third-order valence-electron chi connectivity index (χ3n) is 3.43.